The van der Waals surface area contributed by atoms with E-state index >= 15 is 0 Å². The molecule has 0 radical (unpaired) electrons. The second kappa shape index (κ2) is 7.48. The largest absolute Gasteiger partial charge is 0.480 e. The molecule has 19 heavy (non-hydrogen) atoms. The monoisotopic (exact) mass is 272 g/mol. The van der Waals surface area contributed by atoms with Crippen molar-refractivity contribution in [2.45, 2.75) is 58.5 Å². The van der Waals surface area contributed by atoms with Crippen LogP contribution in [0, 0.1) is 5.41 Å². The highest BCUT2D eigenvalue weighted by Gasteiger charge is 2.48. The van der Waals surface area contributed by atoms with Gasteiger partial charge >= 0.3 is 11.9 Å². The Hall–Kier alpha value is -1.10. The van der Waals surface area contributed by atoms with Gasteiger partial charge in [0.25, 0.3) is 0 Å². The number of aliphatic carboxylic acids is 1. The Morgan fingerprint density at radius 2 is 2.11 bits per heavy atom. The first-order valence-corrected chi connectivity index (χ1v) is 7.09. The lowest BCUT2D eigenvalue weighted by Gasteiger charge is -2.32. The van der Waals surface area contributed by atoms with Gasteiger partial charge in [-0.1, -0.05) is 13.3 Å². The molecule has 110 valence electrons. The number of rotatable bonds is 7. The van der Waals surface area contributed by atoms with Gasteiger partial charge in [0.15, 0.2) is 5.41 Å². The first kappa shape index (κ1) is 16.0. The second-order valence-electron chi connectivity index (χ2n) is 5.05. The lowest BCUT2D eigenvalue weighted by molar-refractivity contribution is -0.173. The van der Waals surface area contributed by atoms with Gasteiger partial charge in [0.1, 0.15) is 0 Å². The van der Waals surface area contributed by atoms with Crippen molar-refractivity contribution in [3.8, 4) is 0 Å². The van der Waals surface area contributed by atoms with Crippen LogP contribution < -0.4 is 0 Å². The maximum Gasteiger partial charge on any atom is 0.323 e. The first-order valence-electron chi connectivity index (χ1n) is 7.09. The quantitative estimate of drug-likeness (QED) is 0.569. The summed E-state index contributed by atoms with van der Waals surface area (Å²) >= 11 is 0. The number of carbonyl (C=O) groups is 2. The van der Waals surface area contributed by atoms with Crippen molar-refractivity contribution in [2.24, 2.45) is 5.41 Å². The average Bonchev–Trinajstić information content (AvgIpc) is 2.39. The Bertz CT molecular complexity index is 309. The summed E-state index contributed by atoms with van der Waals surface area (Å²) in [5, 5.41) is 9.53. The number of hydrogen-bond donors (Lipinski definition) is 1. The molecule has 0 aromatic rings. The Morgan fingerprint density at radius 1 is 1.37 bits per heavy atom. The van der Waals surface area contributed by atoms with Crippen molar-refractivity contribution in [3.63, 3.8) is 0 Å². The van der Waals surface area contributed by atoms with Crippen LogP contribution in [0.1, 0.15) is 52.4 Å². The highest BCUT2D eigenvalue weighted by molar-refractivity contribution is 5.99. The van der Waals surface area contributed by atoms with Crippen LogP contribution in [0.25, 0.3) is 0 Å². The zero-order valence-corrected chi connectivity index (χ0v) is 11.8. The van der Waals surface area contributed by atoms with Gasteiger partial charge in [-0.05, 0) is 32.6 Å². The molecule has 1 rings (SSSR count). The van der Waals surface area contributed by atoms with E-state index in [0.29, 0.717) is 19.4 Å². The van der Waals surface area contributed by atoms with Gasteiger partial charge in [-0.3, -0.25) is 9.59 Å². The Balaban J connectivity index is 2.87. The van der Waals surface area contributed by atoms with E-state index in [4.69, 9.17) is 9.47 Å². The fraction of sp³-hybridized carbons (Fsp3) is 0.857. The molecule has 0 amide bonds. The number of esters is 1. The number of carbonyl (C=O) groups excluding carboxylic acids is 1. The van der Waals surface area contributed by atoms with E-state index in [1.165, 1.54) is 0 Å². The highest BCUT2D eigenvalue weighted by atomic mass is 16.5. The third-order valence-electron chi connectivity index (χ3n) is 3.60. The second-order valence-corrected chi connectivity index (χ2v) is 5.05. The molecule has 1 fully saturated rings. The first-order chi connectivity index (χ1) is 9.06. The van der Waals surface area contributed by atoms with Gasteiger partial charge in [-0.15, -0.1) is 0 Å². The lowest BCUT2D eigenvalue weighted by atomic mass is 9.77. The summed E-state index contributed by atoms with van der Waals surface area (Å²) in [6.45, 7) is 4.41. The van der Waals surface area contributed by atoms with Gasteiger partial charge in [0, 0.05) is 13.0 Å². The summed E-state index contributed by atoms with van der Waals surface area (Å²) < 4.78 is 10.6. The molecule has 5 nitrogen and oxygen atoms in total. The van der Waals surface area contributed by atoms with E-state index in [1.54, 1.807) is 6.92 Å². The molecular formula is C14H24O5. The average molecular weight is 272 g/mol. The van der Waals surface area contributed by atoms with Crippen molar-refractivity contribution in [1.82, 2.24) is 0 Å². The number of ether oxygens (including phenoxy) is 2. The van der Waals surface area contributed by atoms with E-state index in [-0.39, 0.29) is 19.1 Å². The number of carboxylic acids is 1. The fourth-order valence-electron chi connectivity index (χ4n) is 2.62. The van der Waals surface area contributed by atoms with E-state index < -0.39 is 17.4 Å². The van der Waals surface area contributed by atoms with Gasteiger partial charge < -0.3 is 14.6 Å². The predicted molar refractivity (Wildman–Crippen MR) is 69.8 cm³/mol. The van der Waals surface area contributed by atoms with Crippen LogP contribution in [-0.4, -0.2) is 36.4 Å². The molecule has 5 heteroatoms. The SMILES string of the molecule is CCCC(CC1CCCCO1)(C(=O)O)C(=O)OCC. The predicted octanol–water partition coefficient (Wildman–Crippen LogP) is 2.38. The van der Waals surface area contributed by atoms with Crippen LogP contribution in [0.4, 0.5) is 0 Å². The summed E-state index contributed by atoms with van der Waals surface area (Å²) in [6.07, 6.45) is 3.83. The molecule has 0 aromatic heterocycles. The summed E-state index contributed by atoms with van der Waals surface area (Å²) in [5.74, 6) is -1.72. The minimum Gasteiger partial charge on any atom is -0.480 e. The highest BCUT2D eigenvalue weighted by Crippen LogP contribution is 2.35. The van der Waals surface area contributed by atoms with E-state index in [0.717, 1.165) is 19.3 Å². The Labute approximate surface area is 114 Å². The van der Waals surface area contributed by atoms with E-state index in [2.05, 4.69) is 0 Å². The third-order valence-corrected chi connectivity index (χ3v) is 3.60. The summed E-state index contributed by atoms with van der Waals surface area (Å²) in [7, 11) is 0. The molecule has 2 atom stereocenters. The van der Waals surface area contributed by atoms with Gasteiger partial charge in [-0.25, -0.2) is 0 Å². The van der Waals surface area contributed by atoms with Gasteiger partial charge in [0.05, 0.1) is 12.7 Å². The molecule has 1 saturated heterocycles. The van der Waals surface area contributed by atoms with Crippen molar-refractivity contribution in [3.05, 3.63) is 0 Å². The molecule has 2 unspecified atom stereocenters. The molecule has 0 aliphatic carbocycles. The van der Waals surface area contributed by atoms with Crippen LogP contribution in [-0.2, 0) is 19.1 Å². The molecule has 0 aromatic carbocycles. The van der Waals surface area contributed by atoms with Crippen LogP contribution in [0.5, 0.6) is 0 Å². The summed E-state index contributed by atoms with van der Waals surface area (Å²) in [4.78, 5) is 23.8. The molecule has 1 aliphatic rings. The van der Waals surface area contributed by atoms with Crippen molar-refractivity contribution in [1.29, 1.82) is 0 Å². The Morgan fingerprint density at radius 3 is 2.58 bits per heavy atom. The lowest BCUT2D eigenvalue weighted by Crippen LogP contribution is -2.44. The van der Waals surface area contributed by atoms with Crippen LogP contribution in [0.15, 0.2) is 0 Å². The Kier molecular flexibility index (Phi) is 6.28. The minimum atomic E-state index is -1.45. The zero-order chi connectivity index (χ0) is 14.3. The molecule has 1 aliphatic heterocycles. The maximum atomic E-state index is 12.1. The van der Waals surface area contributed by atoms with Crippen LogP contribution in [0.3, 0.4) is 0 Å². The number of hydrogen-bond acceptors (Lipinski definition) is 4. The zero-order valence-electron chi connectivity index (χ0n) is 11.8. The van der Waals surface area contributed by atoms with Crippen LogP contribution in [0.2, 0.25) is 0 Å². The summed E-state index contributed by atoms with van der Waals surface area (Å²) in [6, 6.07) is 0. The molecule has 0 saturated carbocycles. The fourth-order valence-corrected chi connectivity index (χ4v) is 2.62. The van der Waals surface area contributed by atoms with Crippen molar-refractivity contribution >= 4 is 11.9 Å². The van der Waals surface area contributed by atoms with Crippen LogP contribution >= 0.6 is 0 Å². The third kappa shape index (κ3) is 3.93. The standard InChI is InChI=1S/C14H24O5/c1-3-8-14(12(15)16,13(17)18-4-2)10-11-7-5-6-9-19-11/h11H,3-10H2,1-2H3,(H,15,16). The molecule has 1 N–H and O–H groups in total. The topological polar surface area (TPSA) is 72.8 Å². The molecule has 0 bridgehead atoms. The molecule has 0 spiro atoms. The van der Waals surface area contributed by atoms with Gasteiger partial charge in [0.2, 0.25) is 0 Å². The number of carboxylic acid groups (broad SMARTS) is 1. The van der Waals surface area contributed by atoms with Crippen molar-refractivity contribution in [2.75, 3.05) is 13.2 Å². The van der Waals surface area contributed by atoms with Crippen molar-refractivity contribution < 1.29 is 24.2 Å². The van der Waals surface area contributed by atoms with E-state index in [9.17, 15) is 14.7 Å². The molecular weight excluding hydrogens is 248 g/mol. The maximum absolute atomic E-state index is 12.1. The van der Waals surface area contributed by atoms with E-state index in [1.807, 2.05) is 6.92 Å². The van der Waals surface area contributed by atoms with Gasteiger partial charge in [-0.2, -0.15) is 0 Å². The smallest absolute Gasteiger partial charge is 0.323 e. The molecule has 1 heterocycles. The summed E-state index contributed by atoms with van der Waals surface area (Å²) in [5.41, 5.74) is -1.45. The normalized spacial score (nSPS) is 22.5. The minimum absolute atomic E-state index is 0.152.